The Bertz CT molecular complexity index is 1060. The molecule has 8 heteroatoms. The second kappa shape index (κ2) is 6.04. The zero-order valence-electron chi connectivity index (χ0n) is 13.0. The molecule has 0 radical (unpaired) electrons. The number of amides is 1. The van der Waals surface area contributed by atoms with Crippen LogP contribution in [0.3, 0.4) is 0 Å². The van der Waals surface area contributed by atoms with Crippen molar-refractivity contribution in [3.8, 4) is 0 Å². The number of benzene rings is 1. The third kappa shape index (κ3) is 2.76. The number of hydrogen-bond acceptors (Lipinski definition) is 4. The first-order chi connectivity index (χ1) is 11.4. The van der Waals surface area contributed by atoms with E-state index in [9.17, 15) is 18.8 Å². The SMILES string of the molecule is Cc1ccc(F)cc1NC(=O)Cn1c(=O)n(C)c(=O)c2sccc21. The summed E-state index contributed by atoms with van der Waals surface area (Å²) in [6, 6.07) is 5.71. The molecule has 3 aromatic rings. The van der Waals surface area contributed by atoms with Crippen molar-refractivity contribution < 1.29 is 9.18 Å². The number of nitrogens with one attached hydrogen (secondary N) is 1. The van der Waals surface area contributed by atoms with Gasteiger partial charge in [-0.05, 0) is 36.1 Å². The van der Waals surface area contributed by atoms with E-state index in [1.807, 2.05) is 0 Å². The highest BCUT2D eigenvalue weighted by Crippen LogP contribution is 2.17. The third-order valence-electron chi connectivity index (χ3n) is 3.73. The van der Waals surface area contributed by atoms with E-state index in [-0.39, 0.29) is 12.1 Å². The van der Waals surface area contributed by atoms with E-state index >= 15 is 0 Å². The smallest absolute Gasteiger partial charge is 0.324 e. The van der Waals surface area contributed by atoms with Crippen molar-refractivity contribution in [1.82, 2.24) is 9.13 Å². The summed E-state index contributed by atoms with van der Waals surface area (Å²) in [5, 5.41) is 4.29. The van der Waals surface area contributed by atoms with Crippen molar-refractivity contribution in [3.05, 3.63) is 61.9 Å². The maximum absolute atomic E-state index is 13.3. The van der Waals surface area contributed by atoms with Crippen LogP contribution in [0.5, 0.6) is 0 Å². The van der Waals surface area contributed by atoms with Gasteiger partial charge < -0.3 is 5.32 Å². The Kier molecular flexibility index (Phi) is 4.06. The molecule has 2 heterocycles. The second-order valence-corrected chi connectivity index (χ2v) is 6.29. The molecule has 1 aromatic carbocycles. The molecule has 0 spiro atoms. The van der Waals surface area contributed by atoms with Gasteiger partial charge in [0.25, 0.3) is 5.56 Å². The molecule has 124 valence electrons. The molecule has 0 fully saturated rings. The van der Waals surface area contributed by atoms with Gasteiger partial charge in [-0.25, -0.2) is 9.18 Å². The van der Waals surface area contributed by atoms with Gasteiger partial charge in [0.15, 0.2) is 0 Å². The number of rotatable bonds is 3. The lowest BCUT2D eigenvalue weighted by molar-refractivity contribution is -0.116. The Morgan fingerprint density at radius 2 is 2.04 bits per heavy atom. The number of anilines is 1. The standard InChI is InChI=1S/C16H14FN3O3S/c1-9-3-4-10(17)7-11(9)18-13(21)8-20-12-5-6-24-14(12)15(22)19(2)16(20)23/h3-7H,8H2,1-2H3,(H,18,21). The fourth-order valence-electron chi connectivity index (χ4n) is 2.41. The molecule has 1 amide bonds. The summed E-state index contributed by atoms with van der Waals surface area (Å²) in [7, 11) is 1.37. The molecule has 1 N–H and O–H groups in total. The van der Waals surface area contributed by atoms with Crippen LogP contribution in [-0.2, 0) is 18.4 Å². The average molecular weight is 347 g/mol. The average Bonchev–Trinajstić information content (AvgIpc) is 3.02. The van der Waals surface area contributed by atoms with Gasteiger partial charge in [0.05, 0.1) is 5.52 Å². The van der Waals surface area contributed by atoms with Crippen molar-refractivity contribution in [3.63, 3.8) is 0 Å². The highest BCUT2D eigenvalue weighted by Gasteiger charge is 2.15. The lowest BCUT2D eigenvalue weighted by atomic mass is 10.2. The molecule has 0 unspecified atom stereocenters. The fraction of sp³-hybridized carbons (Fsp3) is 0.188. The van der Waals surface area contributed by atoms with E-state index in [0.717, 1.165) is 4.57 Å². The predicted octanol–water partition coefficient (Wildman–Crippen LogP) is 1.85. The van der Waals surface area contributed by atoms with Crippen LogP contribution in [0.1, 0.15) is 5.56 Å². The van der Waals surface area contributed by atoms with E-state index in [0.29, 0.717) is 21.5 Å². The molecule has 0 bridgehead atoms. The zero-order chi connectivity index (χ0) is 17.4. The van der Waals surface area contributed by atoms with Crippen molar-refractivity contribution >= 4 is 33.1 Å². The molecule has 2 aromatic heterocycles. The number of hydrogen-bond donors (Lipinski definition) is 1. The highest BCUT2D eigenvalue weighted by molar-refractivity contribution is 7.17. The maximum Gasteiger partial charge on any atom is 0.331 e. The third-order valence-corrected chi connectivity index (χ3v) is 4.62. The molecular formula is C16H14FN3O3S. The van der Waals surface area contributed by atoms with Gasteiger partial charge in [0.2, 0.25) is 5.91 Å². The molecular weight excluding hydrogens is 333 g/mol. The first-order valence-electron chi connectivity index (χ1n) is 7.11. The van der Waals surface area contributed by atoms with Crippen molar-refractivity contribution in [2.24, 2.45) is 7.05 Å². The Morgan fingerprint density at radius 1 is 1.29 bits per heavy atom. The van der Waals surface area contributed by atoms with Gasteiger partial charge in [-0.15, -0.1) is 11.3 Å². The lowest BCUT2D eigenvalue weighted by Gasteiger charge is -2.11. The molecule has 0 atom stereocenters. The molecule has 6 nitrogen and oxygen atoms in total. The molecule has 0 aliphatic heterocycles. The second-order valence-electron chi connectivity index (χ2n) is 5.38. The lowest BCUT2D eigenvalue weighted by Crippen LogP contribution is -2.39. The van der Waals surface area contributed by atoms with Crippen LogP contribution in [-0.4, -0.2) is 15.0 Å². The molecule has 0 aliphatic rings. The first-order valence-corrected chi connectivity index (χ1v) is 7.99. The zero-order valence-corrected chi connectivity index (χ0v) is 13.8. The van der Waals surface area contributed by atoms with E-state index in [4.69, 9.17) is 0 Å². The van der Waals surface area contributed by atoms with E-state index in [1.54, 1.807) is 24.4 Å². The minimum atomic E-state index is -0.572. The van der Waals surface area contributed by atoms with E-state index in [2.05, 4.69) is 5.32 Å². The van der Waals surface area contributed by atoms with Crippen LogP contribution in [0.2, 0.25) is 0 Å². The first kappa shape index (κ1) is 16.1. The van der Waals surface area contributed by atoms with Crippen molar-refractivity contribution in [1.29, 1.82) is 0 Å². The number of aromatic nitrogens is 2. The highest BCUT2D eigenvalue weighted by atomic mass is 32.1. The van der Waals surface area contributed by atoms with Crippen LogP contribution in [0.4, 0.5) is 10.1 Å². The number of halogens is 1. The monoisotopic (exact) mass is 347 g/mol. The normalized spacial score (nSPS) is 11.0. The number of nitrogens with zero attached hydrogens (tertiary/aromatic N) is 2. The van der Waals surface area contributed by atoms with E-state index < -0.39 is 17.4 Å². The number of thiophene rings is 1. The van der Waals surface area contributed by atoms with E-state index in [1.165, 1.54) is 35.1 Å². The number of carbonyl (C=O) groups excluding carboxylic acids is 1. The topological polar surface area (TPSA) is 73.1 Å². The summed E-state index contributed by atoms with van der Waals surface area (Å²) in [5.74, 6) is -0.938. The maximum atomic E-state index is 13.3. The van der Waals surface area contributed by atoms with Crippen LogP contribution in [0, 0.1) is 12.7 Å². The van der Waals surface area contributed by atoms with Crippen LogP contribution in [0.25, 0.3) is 10.2 Å². The number of carbonyl (C=O) groups is 1. The van der Waals surface area contributed by atoms with Crippen LogP contribution in [0.15, 0.2) is 39.2 Å². The minimum Gasteiger partial charge on any atom is -0.324 e. The van der Waals surface area contributed by atoms with Crippen molar-refractivity contribution in [2.45, 2.75) is 13.5 Å². The number of aryl methyl sites for hydroxylation is 1. The van der Waals surface area contributed by atoms with Gasteiger partial charge in [0, 0.05) is 12.7 Å². The Labute approximate surface area is 139 Å². The Hall–Kier alpha value is -2.74. The molecule has 24 heavy (non-hydrogen) atoms. The largest absolute Gasteiger partial charge is 0.331 e. The molecule has 0 aliphatic carbocycles. The fourth-order valence-corrected chi connectivity index (χ4v) is 3.28. The quantitative estimate of drug-likeness (QED) is 0.786. The summed E-state index contributed by atoms with van der Waals surface area (Å²) >= 11 is 1.21. The van der Waals surface area contributed by atoms with Gasteiger partial charge in [-0.2, -0.15) is 0 Å². The molecule has 0 saturated carbocycles. The molecule has 0 saturated heterocycles. The summed E-state index contributed by atoms with van der Waals surface area (Å²) in [6.45, 7) is 1.47. The van der Waals surface area contributed by atoms with Crippen LogP contribution >= 0.6 is 11.3 Å². The van der Waals surface area contributed by atoms with Gasteiger partial charge in [-0.3, -0.25) is 18.7 Å². The van der Waals surface area contributed by atoms with Gasteiger partial charge in [0.1, 0.15) is 17.1 Å². The summed E-state index contributed by atoms with van der Waals surface area (Å²) < 4.78 is 15.9. The Morgan fingerprint density at radius 3 is 2.79 bits per heavy atom. The Balaban J connectivity index is 1.97. The summed E-state index contributed by atoms with van der Waals surface area (Å²) in [4.78, 5) is 36.6. The van der Waals surface area contributed by atoms with Gasteiger partial charge in [-0.1, -0.05) is 6.07 Å². The predicted molar refractivity (Wildman–Crippen MR) is 91.1 cm³/mol. The molecule has 3 rings (SSSR count). The van der Waals surface area contributed by atoms with Crippen molar-refractivity contribution in [2.75, 3.05) is 5.32 Å². The number of fused-ring (bicyclic) bond motifs is 1. The summed E-state index contributed by atoms with van der Waals surface area (Å²) in [6.07, 6.45) is 0. The summed E-state index contributed by atoms with van der Waals surface area (Å²) in [5.41, 5.74) is 0.511. The van der Waals surface area contributed by atoms with Gasteiger partial charge >= 0.3 is 5.69 Å². The van der Waals surface area contributed by atoms with Crippen LogP contribution < -0.4 is 16.6 Å². The minimum absolute atomic E-state index is 0.268.